The summed E-state index contributed by atoms with van der Waals surface area (Å²) >= 11 is 15.9. The third kappa shape index (κ3) is 3.43. The Labute approximate surface area is 172 Å². The summed E-state index contributed by atoms with van der Waals surface area (Å²) in [6.07, 6.45) is 0. The second kappa shape index (κ2) is 6.96. The van der Waals surface area contributed by atoms with E-state index in [0.717, 1.165) is 10.0 Å². The van der Waals surface area contributed by atoms with Crippen molar-refractivity contribution >= 4 is 56.0 Å². The number of aromatic amines is 1. The molecule has 0 aliphatic carbocycles. The average molecular weight is 462 g/mol. The number of pyridine rings is 1. The minimum absolute atomic E-state index is 0.181. The van der Waals surface area contributed by atoms with Gasteiger partial charge in [-0.2, -0.15) is 4.98 Å². The van der Waals surface area contributed by atoms with Crippen LogP contribution in [0.15, 0.2) is 57.8 Å². The predicted octanol–water partition coefficient (Wildman–Crippen LogP) is 5.30. The van der Waals surface area contributed by atoms with Crippen LogP contribution in [0.5, 0.6) is 0 Å². The summed E-state index contributed by atoms with van der Waals surface area (Å²) in [7, 11) is 0. The highest BCUT2D eigenvalue weighted by atomic mass is 79.9. The van der Waals surface area contributed by atoms with Gasteiger partial charge >= 0.3 is 5.69 Å². The van der Waals surface area contributed by atoms with Gasteiger partial charge in [-0.05, 0) is 35.9 Å². The minimum Gasteiger partial charge on any atom is -0.385 e. The Bertz CT molecular complexity index is 1240. The first-order valence-corrected chi connectivity index (χ1v) is 9.39. The number of H-pyrrole nitrogens is 1. The largest absolute Gasteiger partial charge is 0.385 e. The number of benzene rings is 2. The maximum Gasteiger partial charge on any atom is 0.348 e. The molecule has 2 heterocycles. The van der Waals surface area contributed by atoms with E-state index in [2.05, 4.69) is 30.9 Å². The monoisotopic (exact) mass is 460 g/mol. The summed E-state index contributed by atoms with van der Waals surface area (Å²) in [5.41, 5.74) is 8.70. The molecule has 0 amide bonds. The van der Waals surface area contributed by atoms with Crippen LogP contribution >= 0.6 is 39.1 Å². The minimum atomic E-state index is -0.561. The quantitative estimate of drug-likeness (QED) is 0.424. The summed E-state index contributed by atoms with van der Waals surface area (Å²) in [6, 6.07) is 14.7. The number of anilines is 1. The highest BCUT2D eigenvalue weighted by molar-refractivity contribution is 9.10. The fourth-order valence-electron chi connectivity index (χ4n) is 2.87. The van der Waals surface area contributed by atoms with E-state index in [1.54, 1.807) is 18.2 Å². The van der Waals surface area contributed by atoms with Crippen LogP contribution in [0.2, 0.25) is 10.0 Å². The average Bonchev–Trinajstić information content (AvgIpc) is 2.61. The van der Waals surface area contributed by atoms with Crippen LogP contribution in [-0.2, 0) is 0 Å². The van der Waals surface area contributed by atoms with Gasteiger partial charge in [0.05, 0.1) is 11.1 Å². The molecule has 0 saturated heterocycles. The lowest BCUT2D eigenvalue weighted by atomic mass is 10.00. The van der Waals surface area contributed by atoms with Crippen molar-refractivity contribution in [2.45, 2.75) is 0 Å². The van der Waals surface area contributed by atoms with Gasteiger partial charge < -0.3 is 5.73 Å². The number of nitrogen functional groups attached to an aromatic ring is 1. The number of nitrogens with zero attached hydrogens (tertiary/aromatic N) is 2. The molecule has 2 aromatic heterocycles. The lowest BCUT2D eigenvalue weighted by molar-refractivity contribution is 1.10. The predicted molar refractivity (Wildman–Crippen MR) is 113 cm³/mol. The van der Waals surface area contributed by atoms with Gasteiger partial charge in [-0.15, -0.1) is 0 Å². The Kier molecular flexibility index (Phi) is 4.63. The Hall–Kier alpha value is -2.41. The number of nitrogens with one attached hydrogen (secondary N) is 1. The van der Waals surface area contributed by atoms with Crippen molar-refractivity contribution in [2.24, 2.45) is 0 Å². The first kappa shape index (κ1) is 18.0. The lowest BCUT2D eigenvalue weighted by Crippen LogP contribution is -2.14. The van der Waals surface area contributed by atoms with Crippen molar-refractivity contribution in [1.29, 1.82) is 0 Å². The second-order valence-corrected chi connectivity index (χ2v) is 7.60. The molecule has 3 N–H and O–H groups in total. The molecule has 4 rings (SSSR count). The summed E-state index contributed by atoms with van der Waals surface area (Å²) in [6.45, 7) is 0. The van der Waals surface area contributed by atoms with Crippen molar-refractivity contribution in [3.8, 4) is 22.4 Å². The Morgan fingerprint density at radius 1 is 0.963 bits per heavy atom. The fraction of sp³-hybridized carbons (Fsp3) is 0. The fourth-order valence-corrected chi connectivity index (χ4v) is 3.64. The Morgan fingerprint density at radius 2 is 1.70 bits per heavy atom. The van der Waals surface area contributed by atoms with E-state index in [9.17, 15) is 4.79 Å². The number of hydrogen-bond acceptors (Lipinski definition) is 4. The molecule has 134 valence electrons. The molecule has 0 saturated carbocycles. The summed E-state index contributed by atoms with van der Waals surface area (Å²) in [5, 5.41) is 1.51. The zero-order chi connectivity index (χ0) is 19.1. The lowest BCUT2D eigenvalue weighted by Gasteiger charge is -2.12. The van der Waals surface area contributed by atoms with Gasteiger partial charge in [0, 0.05) is 25.6 Å². The maximum absolute atomic E-state index is 11.8. The summed E-state index contributed by atoms with van der Waals surface area (Å²) in [4.78, 5) is 22.9. The van der Waals surface area contributed by atoms with Crippen LogP contribution in [0.3, 0.4) is 0 Å². The van der Waals surface area contributed by atoms with Crippen LogP contribution in [0.1, 0.15) is 0 Å². The van der Waals surface area contributed by atoms with E-state index < -0.39 is 5.69 Å². The van der Waals surface area contributed by atoms with Crippen molar-refractivity contribution in [3.63, 3.8) is 0 Å². The van der Waals surface area contributed by atoms with E-state index in [1.807, 2.05) is 30.3 Å². The molecule has 8 heteroatoms. The van der Waals surface area contributed by atoms with E-state index in [4.69, 9.17) is 28.9 Å². The number of hydrogen-bond donors (Lipinski definition) is 2. The van der Waals surface area contributed by atoms with Crippen molar-refractivity contribution in [1.82, 2.24) is 15.0 Å². The Balaban J connectivity index is 2.08. The van der Waals surface area contributed by atoms with Crippen LogP contribution in [0, 0.1) is 0 Å². The highest BCUT2D eigenvalue weighted by Crippen LogP contribution is 2.37. The molecule has 27 heavy (non-hydrogen) atoms. The van der Waals surface area contributed by atoms with E-state index in [0.29, 0.717) is 32.3 Å². The van der Waals surface area contributed by atoms with E-state index >= 15 is 0 Å². The molecule has 0 unspecified atom stereocenters. The number of fused-ring (bicyclic) bond motifs is 1. The first-order valence-electron chi connectivity index (χ1n) is 7.84. The number of rotatable bonds is 2. The van der Waals surface area contributed by atoms with Gasteiger partial charge in [0.1, 0.15) is 5.82 Å². The second-order valence-electron chi connectivity index (χ2n) is 5.84. The standard InChI is InChI=1S/C19H11BrCl2N4O/c20-10-3-1-9(2-4-10)15-8-13(12-6-5-11(21)7-14(12)22)16-17(23)25-19(27)26-18(16)24-15/h1-8H,(H3,23,24,25,26,27). The van der Waals surface area contributed by atoms with Gasteiger partial charge in [-0.25, -0.2) is 9.78 Å². The van der Waals surface area contributed by atoms with Gasteiger partial charge in [0.15, 0.2) is 5.65 Å². The highest BCUT2D eigenvalue weighted by Gasteiger charge is 2.16. The van der Waals surface area contributed by atoms with Gasteiger partial charge in [0.2, 0.25) is 0 Å². The number of aromatic nitrogens is 3. The first-order chi connectivity index (χ1) is 12.9. The van der Waals surface area contributed by atoms with Gasteiger partial charge in [-0.3, -0.25) is 4.98 Å². The smallest absolute Gasteiger partial charge is 0.348 e. The zero-order valence-corrected chi connectivity index (χ0v) is 16.7. The SMILES string of the molecule is Nc1[nH]c(=O)nc2nc(-c3ccc(Br)cc3)cc(-c3ccc(Cl)cc3Cl)c12. The van der Waals surface area contributed by atoms with Crippen LogP contribution in [0.4, 0.5) is 5.82 Å². The van der Waals surface area contributed by atoms with Crippen molar-refractivity contribution < 1.29 is 0 Å². The van der Waals surface area contributed by atoms with E-state index in [-0.39, 0.29) is 11.5 Å². The molecule has 2 aromatic carbocycles. The van der Waals surface area contributed by atoms with Gasteiger partial charge in [0.25, 0.3) is 0 Å². The third-order valence-corrected chi connectivity index (χ3v) is 5.16. The molecule has 0 aliphatic rings. The van der Waals surface area contributed by atoms with Crippen LogP contribution < -0.4 is 11.4 Å². The van der Waals surface area contributed by atoms with Gasteiger partial charge in [-0.1, -0.05) is 57.3 Å². The third-order valence-electron chi connectivity index (χ3n) is 4.08. The molecular formula is C19H11BrCl2N4O. The molecular weight excluding hydrogens is 451 g/mol. The normalized spacial score (nSPS) is 11.1. The van der Waals surface area contributed by atoms with E-state index in [1.165, 1.54) is 0 Å². The number of nitrogens with two attached hydrogens (primary N) is 1. The number of halogens is 3. The zero-order valence-electron chi connectivity index (χ0n) is 13.6. The van der Waals surface area contributed by atoms with Crippen LogP contribution in [0.25, 0.3) is 33.4 Å². The molecule has 4 aromatic rings. The van der Waals surface area contributed by atoms with Crippen LogP contribution in [-0.4, -0.2) is 15.0 Å². The molecule has 5 nitrogen and oxygen atoms in total. The molecule has 0 radical (unpaired) electrons. The Morgan fingerprint density at radius 3 is 2.41 bits per heavy atom. The molecule has 0 aliphatic heterocycles. The summed E-state index contributed by atoms with van der Waals surface area (Å²) in [5.74, 6) is 0.181. The topological polar surface area (TPSA) is 84.7 Å². The molecule has 0 atom stereocenters. The molecule has 0 bridgehead atoms. The molecule has 0 fully saturated rings. The molecule has 0 spiro atoms. The van der Waals surface area contributed by atoms with Crippen molar-refractivity contribution in [3.05, 3.63) is 73.5 Å². The van der Waals surface area contributed by atoms with Crippen molar-refractivity contribution in [2.75, 3.05) is 5.73 Å². The summed E-state index contributed by atoms with van der Waals surface area (Å²) < 4.78 is 0.951. The maximum atomic E-state index is 11.8.